The minimum absolute atomic E-state index is 0.0582. The maximum atomic E-state index is 11.0. The van der Waals surface area contributed by atoms with E-state index < -0.39 is 9.84 Å². The average molecular weight is 235 g/mol. The monoisotopic (exact) mass is 235 g/mol. The van der Waals surface area contributed by atoms with Crippen LogP contribution in [0.4, 0.5) is 0 Å². The first-order valence-corrected chi connectivity index (χ1v) is 6.50. The number of nitrogens with one attached hydrogen (secondary N) is 1. The minimum Gasteiger partial charge on any atom is -0.471 e. The molecule has 1 rings (SSSR count). The third-order valence-electron chi connectivity index (χ3n) is 1.67. The summed E-state index contributed by atoms with van der Waals surface area (Å²) in [6, 6.07) is -0.246. The van der Waals surface area contributed by atoms with Gasteiger partial charge >= 0.3 is 0 Å². The summed E-state index contributed by atoms with van der Waals surface area (Å²) in [7, 11) is -3.02. The Labute approximate surface area is 89.2 Å². The van der Waals surface area contributed by atoms with Crippen LogP contribution >= 0.6 is 12.2 Å². The Morgan fingerprint density at radius 3 is 2.93 bits per heavy atom. The lowest BCUT2D eigenvalue weighted by Crippen LogP contribution is -2.35. The zero-order chi connectivity index (χ0) is 10.6. The Morgan fingerprint density at radius 1 is 1.71 bits per heavy atom. The van der Waals surface area contributed by atoms with E-state index in [0.717, 1.165) is 6.42 Å². The Bertz CT molecular complexity index is 334. The highest BCUT2D eigenvalue weighted by Gasteiger charge is 2.22. The van der Waals surface area contributed by atoms with Crippen molar-refractivity contribution >= 4 is 27.2 Å². The van der Waals surface area contributed by atoms with Gasteiger partial charge < -0.3 is 10.1 Å². The highest BCUT2D eigenvalue weighted by molar-refractivity contribution is 7.94. The predicted molar refractivity (Wildman–Crippen MR) is 58.7 cm³/mol. The number of hydrogen-bond acceptors (Lipinski definition) is 4. The van der Waals surface area contributed by atoms with Crippen LogP contribution in [-0.4, -0.2) is 32.0 Å². The van der Waals surface area contributed by atoms with Crippen molar-refractivity contribution < 1.29 is 13.2 Å². The van der Waals surface area contributed by atoms with E-state index in [1.165, 1.54) is 5.41 Å². The normalized spacial score (nSPS) is 23.4. The van der Waals surface area contributed by atoms with Gasteiger partial charge in [-0.3, -0.25) is 0 Å². The Morgan fingerprint density at radius 2 is 2.43 bits per heavy atom. The van der Waals surface area contributed by atoms with Gasteiger partial charge in [-0.05, 0) is 24.7 Å². The fourth-order valence-corrected chi connectivity index (χ4v) is 2.52. The van der Waals surface area contributed by atoms with Crippen molar-refractivity contribution in [2.75, 3.05) is 12.4 Å². The Kier molecular flexibility index (Phi) is 3.88. The summed E-state index contributed by atoms with van der Waals surface area (Å²) in [5.41, 5.74) is 0. The summed E-state index contributed by atoms with van der Waals surface area (Å²) in [5.74, 6) is 0.0582. The zero-order valence-corrected chi connectivity index (χ0v) is 9.53. The molecule has 14 heavy (non-hydrogen) atoms. The molecule has 0 bridgehead atoms. The molecule has 0 amide bonds. The molecule has 0 aliphatic carbocycles. The van der Waals surface area contributed by atoms with E-state index in [1.807, 2.05) is 6.92 Å². The second-order valence-corrected chi connectivity index (χ2v) is 5.35. The Hall–Kier alpha value is -0.620. The van der Waals surface area contributed by atoms with Crippen LogP contribution in [0.3, 0.4) is 0 Å². The molecule has 0 saturated carbocycles. The molecule has 0 fully saturated rings. The number of thiocarbonyl (C=S) groups is 1. The summed E-state index contributed by atoms with van der Waals surface area (Å²) in [6.45, 7) is 2.53. The second-order valence-electron chi connectivity index (χ2n) is 3.04. The zero-order valence-electron chi connectivity index (χ0n) is 7.89. The SMILES string of the molecule is CCCOC(=S)NC1C=CS(=O)(=O)C1. The molecule has 6 heteroatoms. The molecule has 1 unspecified atom stereocenters. The topological polar surface area (TPSA) is 55.4 Å². The summed E-state index contributed by atoms with van der Waals surface area (Å²) in [4.78, 5) is 0. The van der Waals surface area contributed by atoms with Crippen molar-refractivity contribution in [3.05, 3.63) is 11.5 Å². The second kappa shape index (κ2) is 4.75. The molecule has 1 atom stereocenters. The van der Waals surface area contributed by atoms with Crippen LogP contribution in [0, 0.1) is 0 Å². The van der Waals surface area contributed by atoms with Crippen LogP contribution in [0.25, 0.3) is 0 Å². The van der Waals surface area contributed by atoms with Crippen molar-refractivity contribution in [3.63, 3.8) is 0 Å². The molecule has 0 aromatic rings. The van der Waals surface area contributed by atoms with Gasteiger partial charge in [0, 0.05) is 5.41 Å². The van der Waals surface area contributed by atoms with Gasteiger partial charge in [0.05, 0.1) is 18.4 Å². The minimum atomic E-state index is -3.02. The van der Waals surface area contributed by atoms with Gasteiger partial charge in [0.1, 0.15) is 0 Å². The fraction of sp³-hybridized carbons (Fsp3) is 0.625. The van der Waals surface area contributed by atoms with Crippen LogP contribution < -0.4 is 5.32 Å². The van der Waals surface area contributed by atoms with Crippen molar-refractivity contribution in [1.82, 2.24) is 5.32 Å². The quantitative estimate of drug-likeness (QED) is 0.726. The molecule has 0 aromatic carbocycles. The lowest BCUT2D eigenvalue weighted by Gasteiger charge is -2.12. The molecule has 4 nitrogen and oxygen atoms in total. The maximum absolute atomic E-state index is 11.0. The summed E-state index contributed by atoms with van der Waals surface area (Å²) >= 11 is 4.87. The van der Waals surface area contributed by atoms with Crippen LogP contribution in [0.1, 0.15) is 13.3 Å². The highest BCUT2D eigenvalue weighted by Crippen LogP contribution is 2.07. The van der Waals surface area contributed by atoms with Gasteiger partial charge in [-0.25, -0.2) is 8.42 Å². The molecule has 1 heterocycles. The summed E-state index contributed by atoms with van der Waals surface area (Å²) in [5, 5.41) is 4.28. The van der Waals surface area contributed by atoms with Gasteiger partial charge in [0.15, 0.2) is 9.84 Å². The molecular weight excluding hydrogens is 222 g/mol. The van der Waals surface area contributed by atoms with E-state index >= 15 is 0 Å². The third kappa shape index (κ3) is 3.63. The molecular formula is C8H13NO3S2. The van der Waals surface area contributed by atoms with E-state index in [9.17, 15) is 8.42 Å². The average Bonchev–Trinajstić information content (AvgIpc) is 2.42. The van der Waals surface area contributed by atoms with Crippen molar-refractivity contribution in [3.8, 4) is 0 Å². The van der Waals surface area contributed by atoms with Crippen molar-refractivity contribution in [2.24, 2.45) is 0 Å². The summed E-state index contributed by atoms with van der Waals surface area (Å²) < 4.78 is 27.2. The molecule has 0 radical (unpaired) electrons. The lowest BCUT2D eigenvalue weighted by molar-refractivity contribution is 0.297. The smallest absolute Gasteiger partial charge is 0.257 e. The van der Waals surface area contributed by atoms with E-state index in [2.05, 4.69) is 5.32 Å². The van der Waals surface area contributed by atoms with Gasteiger partial charge in [0.2, 0.25) is 0 Å². The van der Waals surface area contributed by atoms with E-state index in [0.29, 0.717) is 6.61 Å². The van der Waals surface area contributed by atoms with Crippen LogP contribution in [0.2, 0.25) is 0 Å². The van der Waals surface area contributed by atoms with Gasteiger partial charge in [0.25, 0.3) is 5.17 Å². The standard InChI is InChI=1S/C8H13NO3S2/c1-2-4-12-8(13)9-7-3-5-14(10,11)6-7/h3,5,7H,2,4,6H2,1H3,(H,9,13). The first kappa shape index (κ1) is 11.5. The molecule has 0 aromatic heterocycles. The largest absolute Gasteiger partial charge is 0.471 e. The fourth-order valence-electron chi connectivity index (χ4n) is 1.05. The van der Waals surface area contributed by atoms with Crippen LogP contribution in [0.5, 0.6) is 0 Å². The van der Waals surface area contributed by atoms with Gasteiger partial charge in [-0.1, -0.05) is 6.92 Å². The van der Waals surface area contributed by atoms with Crippen LogP contribution in [-0.2, 0) is 14.6 Å². The van der Waals surface area contributed by atoms with Gasteiger partial charge in [-0.2, -0.15) is 0 Å². The molecule has 80 valence electrons. The molecule has 1 aliphatic rings. The third-order valence-corrected chi connectivity index (χ3v) is 3.30. The van der Waals surface area contributed by atoms with E-state index in [4.69, 9.17) is 17.0 Å². The van der Waals surface area contributed by atoms with E-state index in [1.54, 1.807) is 6.08 Å². The first-order valence-electron chi connectivity index (χ1n) is 4.38. The number of hydrogen-bond donors (Lipinski definition) is 1. The van der Waals surface area contributed by atoms with Crippen molar-refractivity contribution in [1.29, 1.82) is 0 Å². The summed E-state index contributed by atoms with van der Waals surface area (Å²) in [6.07, 6.45) is 2.46. The molecule has 1 aliphatic heterocycles. The highest BCUT2D eigenvalue weighted by atomic mass is 32.2. The maximum Gasteiger partial charge on any atom is 0.257 e. The molecule has 1 N–H and O–H groups in total. The first-order chi connectivity index (χ1) is 6.53. The van der Waals surface area contributed by atoms with Crippen molar-refractivity contribution in [2.45, 2.75) is 19.4 Å². The van der Waals surface area contributed by atoms with E-state index in [-0.39, 0.29) is 17.0 Å². The molecule has 0 spiro atoms. The molecule has 0 saturated heterocycles. The van der Waals surface area contributed by atoms with Gasteiger partial charge in [-0.15, -0.1) is 0 Å². The Balaban J connectivity index is 2.34. The lowest BCUT2D eigenvalue weighted by atomic mass is 10.3. The number of sulfone groups is 1. The van der Waals surface area contributed by atoms with Crippen LogP contribution in [0.15, 0.2) is 11.5 Å². The number of ether oxygens (including phenoxy) is 1. The number of rotatable bonds is 3. The predicted octanol–water partition coefficient (Wildman–Crippen LogP) is 0.598.